The van der Waals surface area contributed by atoms with Crippen molar-refractivity contribution in [3.63, 3.8) is 0 Å². The summed E-state index contributed by atoms with van der Waals surface area (Å²) in [6, 6.07) is 48.8. The lowest BCUT2D eigenvalue weighted by molar-refractivity contribution is 0.653. The maximum Gasteiger partial charge on any atom is 0.231 e. The highest BCUT2D eigenvalue weighted by atomic mass is 16.3. The number of rotatable bonds is 4. The molecule has 3 aromatic heterocycles. The van der Waals surface area contributed by atoms with E-state index < -0.39 is 0 Å². The summed E-state index contributed by atoms with van der Waals surface area (Å²) in [5, 5.41) is 13.7. The van der Waals surface area contributed by atoms with Gasteiger partial charge in [0.25, 0.3) is 0 Å². The topological polar surface area (TPSA) is 72.0 Å². The SMILES string of the molecule is [C-]#[N+]c1cc(C#N)cc(-c2nc(-c3ccccc3)nc3oc4ccc(-c5ccc6c(c5)c5ccccc5n6-c5ccccc5)cc4c23)c1. The van der Waals surface area contributed by atoms with E-state index in [9.17, 15) is 5.26 Å². The first-order valence-electron chi connectivity index (χ1n) is 15.5. The molecule has 0 fully saturated rings. The van der Waals surface area contributed by atoms with Gasteiger partial charge in [-0.15, -0.1) is 0 Å². The summed E-state index contributed by atoms with van der Waals surface area (Å²) in [5.74, 6) is 0.504. The lowest BCUT2D eigenvalue weighted by atomic mass is 9.99. The minimum atomic E-state index is 0.369. The first-order valence-corrected chi connectivity index (χ1v) is 15.5. The number of nitrogens with zero attached hydrogens (tertiary/aromatic N) is 5. The molecule has 6 aromatic carbocycles. The highest BCUT2D eigenvalue weighted by molar-refractivity contribution is 6.13. The molecule has 9 rings (SSSR count). The average Bonchev–Trinajstić information content (AvgIpc) is 3.69. The Balaban J connectivity index is 1.28. The van der Waals surface area contributed by atoms with Gasteiger partial charge < -0.3 is 8.98 Å². The third-order valence-electron chi connectivity index (χ3n) is 8.83. The molecule has 0 spiro atoms. The number of benzene rings is 6. The summed E-state index contributed by atoms with van der Waals surface area (Å²) in [5.41, 5.74) is 9.49. The average molecular weight is 614 g/mol. The van der Waals surface area contributed by atoms with E-state index in [1.165, 1.54) is 10.8 Å². The number of nitriles is 1. The van der Waals surface area contributed by atoms with E-state index in [1.54, 1.807) is 18.2 Å². The molecule has 0 unspecified atom stereocenters. The van der Waals surface area contributed by atoms with Gasteiger partial charge in [0, 0.05) is 33.0 Å². The van der Waals surface area contributed by atoms with E-state index in [0.29, 0.717) is 39.6 Å². The highest BCUT2D eigenvalue weighted by Gasteiger charge is 2.20. The number of aromatic nitrogens is 3. The second kappa shape index (κ2) is 10.8. The number of hydrogen-bond acceptors (Lipinski definition) is 4. The molecule has 0 amide bonds. The van der Waals surface area contributed by atoms with Crippen LogP contribution < -0.4 is 0 Å². The van der Waals surface area contributed by atoms with Crippen LogP contribution in [0.5, 0.6) is 0 Å². The fourth-order valence-corrected chi connectivity index (χ4v) is 6.66. The largest absolute Gasteiger partial charge is 0.438 e. The monoisotopic (exact) mass is 613 g/mol. The zero-order valence-corrected chi connectivity index (χ0v) is 25.4. The van der Waals surface area contributed by atoms with Crippen molar-refractivity contribution in [2.24, 2.45) is 0 Å². The molecule has 0 atom stereocenters. The molecular weight excluding hydrogens is 590 g/mol. The van der Waals surface area contributed by atoms with Crippen LogP contribution in [-0.2, 0) is 0 Å². The Morgan fingerprint density at radius 1 is 0.625 bits per heavy atom. The van der Waals surface area contributed by atoms with Crippen molar-refractivity contribution in [2.75, 3.05) is 0 Å². The molecule has 9 aromatic rings. The van der Waals surface area contributed by atoms with Crippen LogP contribution in [0.15, 0.2) is 144 Å². The molecule has 6 nitrogen and oxygen atoms in total. The smallest absolute Gasteiger partial charge is 0.231 e. The summed E-state index contributed by atoms with van der Waals surface area (Å²) in [6.45, 7) is 7.66. The van der Waals surface area contributed by atoms with Gasteiger partial charge >= 0.3 is 0 Å². The van der Waals surface area contributed by atoms with Gasteiger partial charge in [0.2, 0.25) is 5.71 Å². The van der Waals surface area contributed by atoms with Crippen LogP contribution in [0.2, 0.25) is 0 Å². The highest BCUT2D eigenvalue weighted by Crippen LogP contribution is 2.40. The quantitative estimate of drug-likeness (QED) is 0.185. The van der Waals surface area contributed by atoms with Gasteiger partial charge in [-0.1, -0.05) is 78.9 Å². The summed E-state index contributed by atoms with van der Waals surface area (Å²) < 4.78 is 8.69. The molecule has 3 heterocycles. The van der Waals surface area contributed by atoms with Gasteiger partial charge in [0.05, 0.1) is 34.8 Å². The zero-order chi connectivity index (χ0) is 32.2. The van der Waals surface area contributed by atoms with Gasteiger partial charge in [-0.25, -0.2) is 9.83 Å². The number of para-hydroxylation sites is 2. The van der Waals surface area contributed by atoms with Gasteiger partial charge in [0.15, 0.2) is 11.5 Å². The Kier molecular flexibility index (Phi) is 6.15. The van der Waals surface area contributed by atoms with E-state index in [4.69, 9.17) is 21.0 Å². The minimum absolute atomic E-state index is 0.369. The summed E-state index contributed by atoms with van der Waals surface area (Å²) in [7, 11) is 0. The van der Waals surface area contributed by atoms with Crippen molar-refractivity contribution in [2.45, 2.75) is 0 Å². The third kappa shape index (κ3) is 4.33. The molecule has 0 N–H and O–H groups in total. The predicted octanol–water partition coefficient (Wildman–Crippen LogP) is 10.9. The first kappa shape index (κ1) is 27.3. The molecule has 0 aliphatic heterocycles. The Morgan fingerprint density at radius 2 is 1.33 bits per heavy atom. The van der Waals surface area contributed by atoms with Crippen molar-refractivity contribution < 1.29 is 4.42 Å². The van der Waals surface area contributed by atoms with E-state index in [-0.39, 0.29) is 0 Å². The van der Waals surface area contributed by atoms with E-state index in [1.807, 2.05) is 42.5 Å². The zero-order valence-electron chi connectivity index (χ0n) is 25.4. The number of hydrogen-bond donors (Lipinski definition) is 0. The Hall–Kier alpha value is -7.02. The van der Waals surface area contributed by atoms with Gasteiger partial charge in [-0.3, -0.25) is 0 Å². The van der Waals surface area contributed by atoms with Gasteiger partial charge in [-0.2, -0.15) is 10.2 Å². The molecule has 0 bridgehead atoms. The van der Waals surface area contributed by atoms with Gasteiger partial charge in [-0.05, 0) is 77.4 Å². The normalized spacial score (nSPS) is 11.3. The van der Waals surface area contributed by atoms with Crippen LogP contribution in [0.1, 0.15) is 5.56 Å². The molecule has 0 radical (unpaired) electrons. The van der Waals surface area contributed by atoms with Crippen molar-refractivity contribution in [3.05, 3.63) is 157 Å². The number of fused-ring (bicyclic) bond motifs is 6. The van der Waals surface area contributed by atoms with Crippen molar-refractivity contribution in [1.82, 2.24) is 14.5 Å². The van der Waals surface area contributed by atoms with Gasteiger partial charge in [0.1, 0.15) is 5.58 Å². The minimum Gasteiger partial charge on any atom is -0.438 e. The summed E-state index contributed by atoms with van der Waals surface area (Å²) >= 11 is 0. The van der Waals surface area contributed by atoms with Crippen molar-refractivity contribution >= 4 is 49.6 Å². The van der Waals surface area contributed by atoms with Crippen LogP contribution in [-0.4, -0.2) is 14.5 Å². The maximum atomic E-state index is 9.77. The fraction of sp³-hybridized carbons (Fsp3) is 0. The second-order valence-electron chi connectivity index (χ2n) is 11.7. The molecule has 48 heavy (non-hydrogen) atoms. The van der Waals surface area contributed by atoms with Crippen molar-refractivity contribution in [3.8, 4) is 45.5 Å². The molecule has 0 saturated carbocycles. The van der Waals surface area contributed by atoms with Crippen molar-refractivity contribution in [1.29, 1.82) is 5.26 Å². The Labute approximate surface area is 275 Å². The summed E-state index contributed by atoms with van der Waals surface area (Å²) in [4.78, 5) is 13.5. The summed E-state index contributed by atoms with van der Waals surface area (Å²) in [6.07, 6.45) is 0. The lowest BCUT2D eigenvalue weighted by Crippen LogP contribution is -1.94. The Bertz CT molecular complexity index is 2770. The second-order valence-corrected chi connectivity index (χ2v) is 11.7. The van der Waals surface area contributed by atoms with Crippen LogP contribution in [0, 0.1) is 17.9 Å². The number of furan rings is 1. The molecule has 0 saturated heterocycles. The standard InChI is InChI=1S/C42H23N5O/c1-44-31-21-26(25-43)20-30(22-31)40-39-35-24-29(17-19-38(35)48-42(39)46-41(45-40)27-10-4-2-5-11-27)28-16-18-37-34(23-28)33-14-8-9-15-36(33)47(37)32-12-6-3-7-13-32/h2-24H. The first-order chi connectivity index (χ1) is 23.7. The molecule has 0 aliphatic carbocycles. The van der Waals surface area contributed by atoms with E-state index >= 15 is 0 Å². The fourth-order valence-electron chi connectivity index (χ4n) is 6.66. The van der Waals surface area contributed by atoms with Crippen LogP contribution in [0.3, 0.4) is 0 Å². The molecule has 6 heteroatoms. The Morgan fingerprint density at radius 3 is 2.12 bits per heavy atom. The molecule has 222 valence electrons. The predicted molar refractivity (Wildman–Crippen MR) is 191 cm³/mol. The third-order valence-corrected chi connectivity index (χ3v) is 8.83. The lowest BCUT2D eigenvalue weighted by Gasteiger charge is -2.09. The van der Waals surface area contributed by atoms with E-state index in [2.05, 4.69) is 94.3 Å². The van der Waals surface area contributed by atoms with Crippen LogP contribution in [0.25, 0.3) is 88.2 Å². The maximum absolute atomic E-state index is 9.77. The molecular formula is C42H23N5O. The molecule has 0 aliphatic rings. The van der Waals surface area contributed by atoms with Crippen LogP contribution >= 0.6 is 0 Å². The van der Waals surface area contributed by atoms with Crippen LogP contribution in [0.4, 0.5) is 5.69 Å². The van der Waals surface area contributed by atoms with E-state index in [0.717, 1.165) is 44.2 Å².